The Morgan fingerprint density at radius 2 is 1.97 bits per heavy atom. The molecule has 10 heteroatoms. The minimum atomic E-state index is -0.823. The Balaban J connectivity index is 1.55. The number of anilines is 1. The van der Waals surface area contributed by atoms with Gasteiger partial charge in [-0.25, -0.2) is 14.3 Å². The summed E-state index contributed by atoms with van der Waals surface area (Å²) in [6.07, 6.45) is 7.21. The number of hydrogen-bond acceptors (Lipinski definition) is 5. The van der Waals surface area contributed by atoms with Crippen LogP contribution in [0.15, 0.2) is 17.0 Å². The first-order chi connectivity index (χ1) is 15.0. The number of carboxylic acid groups (broad SMARTS) is 1. The van der Waals surface area contributed by atoms with Crippen molar-refractivity contribution in [1.29, 1.82) is 0 Å². The van der Waals surface area contributed by atoms with Gasteiger partial charge in [0.05, 0.1) is 23.6 Å². The number of nitrogens with two attached hydrogens (primary N) is 1. The van der Waals surface area contributed by atoms with Crippen LogP contribution in [-0.4, -0.2) is 55.7 Å². The smallest absolute Gasteiger partial charge is 0.407 e. The maximum absolute atomic E-state index is 12.0. The molecule has 32 heavy (non-hydrogen) atoms. The Hall–Kier alpha value is -2.36. The van der Waals surface area contributed by atoms with E-state index in [0.717, 1.165) is 32.1 Å². The molecular formula is C22H31BrN6O3. The molecule has 1 unspecified atom stereocenters. The molecule has 0 aromatic carbocycles. The number of piperidine rings is 1. The summed E-state index contributed by atoms with van der Waals surface area (Å²) in [6.45, 7) is 7.85. The first-order valence-electron chi connectivity index (χ1n) is 11.1. The summed E-state index contributed by atoms with van der Waals surface area (Å²) >= 11 is 3.37. The van der Waals surface area contributed by atoms with E-state index in [1.807, 2.05) is 0 Å². The number of carbonyl (C=O) groups is 2. The second-order valence-corrected chi connectivity index (χ2v) is 11.1. The number of amides is 2. The van der Waals surface area contributed by atoms with E-state index in [1.54, 1.807) is 15.6 Å². The molecule has 2 aromatic rings. The lowest BCUT2D eigenvalue weighted by Crippen LogP contribution is -2.55. The molecule has 1 aliphatic heterocycles. The average molecular weight is 507 g/mol. The zero-order valence-electron chi connectivity index (χ0n) is 18.8. The van der Waals surface area contributed by atoms with Crippen molar-refractivity contribution in [2.45, 2.75) is 58.9 Å². The van der Waals surface area contributed by atoms with Crippen LogP contribution in [-0.2, 0) is 0 Å². The van der Waals surface area contributed by atoms with Gasteiger partial charge in [0, 0.05) is 19.1 Å². The lowest BCUT2D eigenvalue weighted by molar-refractivity contribution is -0.0464. The van der Waals surface area contributed by atoms with Crippen molar-refractivity contribution in [3.05, 3.63) is 22.6 Å². The predicted octanol–water partition coefficient (Wildman–Crippen LogP) is 3.98. The fourth-order valence-corrected chi connectivity index (χ4v) is 6.14. The molecule has 0 bridgehead atoms. The van der Waals surface area contributed by atoms with E-state index in [9.17, 15) is 14.7 Å². The molecule has 4 N–H and O–H groups in total. The highest BCUT2D eigenvalue weighted by molar-refractivity contribution is 9.10. The van der Waals surface area contributed by atoms with Crippen LogP contribution in [0.3, 0.4) is 0 Å². The normalized spacial score (nSPS) is 26.4. The summed E-state index contributed by atoms with van der Waals surface area (Å²) in [4.78, 5) is 29.7. The number of rotatable bonds is 3. The minimum Gasteiger partial charge on any atom is -0.465 e. The Kier molecular flexibility index (Phi) is 5.85. The number of fused-ring (bicyclic) bond motifs is 1. The fraction of sp³-hybridized carbons (Fsp3) is 0.636. The number of aromatic nitrogens is 3. The van der Waals surface area contributed by atoms with Gasteiger partial charge in [0.2, 0.25) is 0 Å². The Morgan fingerprint density at radius 3 is 2.56 bits per heavy atom. The molecular weight excluding hydrogens is 476 g/mol. The molecule has 2 aliphatic rings. The van der Waals surface area contributed by atoms with Crippen LogP contribution in [0, 0.1) is 16.7 Å². The molecule has 1 spiro atoms. The highest BCUT2D eigenvalue weighted by atomic mass is 79.9. The van der Waals surface area contributed by atoms with E-state index in [4.69, 9.17) is 5.73 Å². The van der Waals surface area contributed by atoms with Crippen LogP contribution in [0.1, 0.15) is 63.2 Å². The van der Waals surface area contributed by atoms with Crippen molar-refractivity contribution in [3.8, 4) is 0 Å². The van der Waals surface area contributed by atoms with Gasteiger partial charge in [0.25, 0.3) is 5.91 Å². The molecule has 1 saturated carbocycles. The summed E-state index contributed by atoms with van der Waals surface area (Å²) < 4.78 is 2.26. The van der Waals surface area contributed by atoms with Gasteiger partial charge in [-0.05, 0) is 64.8 Å². The molecule has 1 atom stereocenters. The highest BCUT2D eigenvalue weighted by Crippen LogP contribution is 2.54. The number of primary amides is 1. The third kappa shape index (κ3) is 4.16. The van der Waals surface area contributed by atoms with E-state index < -0.39 is 12.0 Å². The van der Waals surface area contributed by atoms with Gasteiger partial charge in [-0.3, -0.25) is 4.79 Å². The van der Waals surface area contributed by atoms with Crippen molar-refractivity contribution in [1.82, 2.24) is 19.5 Å². The monoisotopic (exact) mass is 506 g/mol. The van der Waals surface area contributed by atoms with Crippen LogP contribution in [0.25, 0.3) is 5.65 Å². The van der Waals surface area contributed by atoms with Crippen LogP contribution < -0.4 is 11.1 Å². The number of imidazole rings is 1. The Labute approximate surface area is 195 Å². The number of halogens is 1. The second kappa shape index (κ2) is 8.20. The van der Waals surface area contributed by atoms with E-state index in [2.05, 4.69) is 52.1 Å². The summed E-state index contributed by atoms with van der Waals surface area (Å²) in [5, 5.41) is 17.3. The van der Waals surface area contributed by atoms with Crippen LogP contribution in [0.2, 0.25) is 0 Å². The van der Waals surface area contributed by atoms with Crippen molar-refractivity contribution in [2.75, 3.05) is 18.4 Å². The molecule has 174 valence electrons. The van der Waals surface area contributed by atoms with E-state index in [1.165, 1.54) is 6.20 Å². The molecule has 2 amide bonds. The van der Waals surface area contributed by atoms with E-state index in [-0.39, 0.29) is 16.9 Å². The molecule has 1 saturated heterocycles. The third-order valence-electron chi connectivity index (χ3n) is 7.40. The third-order valence-corrected chi connectivity index (χ3v) is 7.78. The standard InChI is InChI=1S/C22H31BrN6O3/c1-21(2,3)15-11-28(20(31)32)9-8-22(15)6-4-13(5-7-22)26-17-14(18(24)30)10-25-29-12-16(23)27-19(17)29/h10,12-13,15,26H,4-9,11H2,1-3H3,(H2,24,30)(H,31,32). The SMILES string of the molecule is CC(C)(C)C1CN(C(=O)O)CCC12CCC(Nc1c(C(N)=O)cnn3cc(Br)nc13)CC2. The lowest BCUT2D eigenvalue weighted by Gasteiger charge is -2.55. The van der Waals surface area contributed by atoms with Gasteiger partial charge in [0.1, 0.15) is 4.60 Å². The van der Waals surface area contributed by atoms with Crippen LogP contribution in [0.4, 0.5) is 10.5 Å². The molecule has 0 radical (unpaired) electrons. The zero-order chi connectivity index (χ0) is 23.3. The minimum absolute atomic E-state index is 0.0207. The van der Waals surface area contributed by atoms with Gasteiger partial charge in [0.15, 0.2) is 5.65 Å². The number of nitrogens with zero attached hydrogens (tertiary/aromatic N) is 4. The number of likely N-dealkylation sites (tertiary alicyclic amines) is 1. The van der Waals surface area contributed by atoms with Crippen molar-refractivity contribution < 1.29 is 14.7 Å². The fourth-order valence-electron chi connectivity index (χ4n) is 5.78. The Morgan fingerprint density at radius 1 is 1.28 bits per heavy atom. The van der Waals surface area contributed by atoms with Gasteiger partial charge in [-0.15, -0.1) is 0 Å². The van der Waals surface area contributed by atoms with Gasteiger partial charge < -0.3 is 21.1 Å². The maximum atomic E-state index is 12.0. The van der Waals surface area contributed by atoms with Crippen molar-refractivity contribution in [3.63, 3.8) is 0 Å². The topological polar surface area (TPSA) is 126 Å². The van der Waals surface area contributed by atoms with Gasteiger partial charge in [-0.1, -0.05) is 20.8 Å². The predicted molar refractivity (Wildman–Crippen MR) is 125 cm³/mol. The summed E-state index contributed by atoms with van der Waals surface area (Å²) in [6, 6.07) is 0.179. The number of carbonyl (C=O) groups excluding carboxylic acids is 1. The maximum Gasteiger partial charge on any atom is 0.407 e. The van der Waals surface area contributed by atoms with Gasteiger partial charge in [-0.2, -0.15) is 5.10 Å². The average Bonchev–Trinajstić information content (AvgIpc) is 3.09. The molecule has 9 nitrogen and oxygen atoms in total. The zero-order valence-corrected chi connectivity index (χ0v) is 20.4. The summed E-state index contributed by atoms with van der Waals surface area (Å²) in [5.41, 5.74) is 7.29. The lowest BCUT2D eigenvalue weighted by atomic mass is 9.55. The molecule has 1 aliphatic carbocycles. The van der Waals surface area contributed by atoms with Crippen LogP contribution >= 0.6 is 15.9 Å². The summed E-state index contributed by atoms with van der Waals surface area (Å²) in [5.74, 6) is -0.236. The van der Waals surface area contributed by atoms with E-state index >= 15 is 0 Å². The molecule has 2 aromatic heterocycles. The highest BCUT2D eigenvalue weighted by Gasteiger charge is 2.50. The van der Waals surface area contributed by atoms with Crippen molar-refractivity contribution >= 4 is 39.3 Å². The second-order valence-electron chi connectivity index (χ2n) is 10.3. The Bertz CT molecular complexity index is 1040. The molecule has 3 heterocycles. The van der Waals surface area contributed by atoms with E-state index in [0.29, 0.717) is 40.5 Å². The summed E-state index contributed by atoms with van der Waals surface area (Å²) in [7, 11) is 0. The van der Waals surface area contributed by atoms with Crippen molar-refractivity contribution in [2.24, 2.45) is 22.5 Å². The largest absolute Gasteiger partial charge is 0.465 e. The van der Waals surface area contributed by atoms with Gasteiger partial charge >= 0.3 is 6.09 Å². The molecule has 4 rings (SSSR count). The quantitative estimate of drug-likeness (QED) is 0.577. The molecule has 2 fully saturated rings. The number of hydrogen-bond donors (Lipinski definition) is 3. The first kappa shape index (κ1) is 22.8. The first-order valence-corrected chi connectivity index (χ1v) is 11.9. The van der Waals surface area contributed by atoms with Crippen LogP contribution in [0.5, 0.6) is 0 Å². The number of nitrogens with one attached hydrogen (secondary N) is 1.